The Bertz CT molecular complexity index is 881. The Hall–Kier alpha value is -1.86. The number of hydrogen-bond donors (Lipinski definition) is 1. The lowest BCUT2D eigenvalue weighted by Gasteiger charge is -2.29. The number of imidazole rings is 1. The van der Waals surface area contributed by atoms with Crippen LogP contribution >= 0.6 is 11.8 Å². The molecule has 0 bridgehead atoms. The summed E-state index contributed by atoms with van der Waals surface area (Å²) in [6, 6.07) is 7.78. The van der Waals surface area contributed by atoms with Gasteiger partial charge in [0.1, 0.15) is 17.9 Å². The first-order valence-electron chi connectivity index (χ1n) is 10.9. The Morgan fingerprint density at radius 2 is 2.10 bits per heavy atom. The zero-order chi connectivity index (χ0) is 21.7. The van der Waals surface area contributed by atoms with Gasteiger partial charge in [0.05, 0.1) is 16.3 Å². The summed E-state index contributed by atoms with van der Waals surface area (Å²) in [6.07, 6.45) is 3.52. The minimum absolute atomic E-state index is 0.0811. The molecule has 2 atom stereocenters. The highest BCUT2D eigenvalue weighted by atomic mass is 32.2. The quantitative estimate of drug-likeness (QED) is 0.499. The number of rotatable bonds is 8. The zero-order valence-electron chi connectivity index (χ0n) is 18.4. The highest BCUT2D eigenvalue weighted by molar-refractivity contribution is 8.00. The number of nitrogens with one attached hydrogen (secondary N) is 1. The summed E-state index contributed by atoms with van der Waals surface area (Å²) in [7, 11) is 0. The number of aromatic nitrogens is 2. The fraction of sp³-hybridized carbons (Fsp3) is 0.609. The van der Waals surface area contributed by atoms with Gasteiger partial charge in [-0.2, -0.15) is 0 Å². The monoisotopic (exact) mass is 431 g/mol. The molecule has 2 heterocycles. The summed E-state index contributed by atoms with van der Waals surface area (Å²) in [5.41, 5.74) is 1.16. The van der Waals surface area contributed by atoms with Crippen molar-refractivity contribution in [1.82, 2.24) is 14.9 Å². The van der Waals surface area contributed by atoms with Crippen LogP contribution in [0.25, 0.3) is 11.0 Å². The summed E-state index contributed by atoms with van der Waals surface area (Å²) in [5.74, 6) is 0.243. The minimum Gasteiger partial charge on any atom is -0.459 e. The van der Waals surface area contributed by atoms with Crippen molar-refractivity contribution in [3.05, 3.63) is 24.3 Å². The summed E-state index contributed by atoms with van der Waals surface area (Å²) in [6.45, 7) is 9.56. The van der Waals surface area contributed by atoms with Gasteiger partial charge in [-0.05, 0) is 71.2 Å². The predicted molar refractivity (Wildman–Crippen MR) is 121 cm³/mol. The number of piperidine rings is 1. The SMILES string of the molecule is CCCC(=O)C(Sc1nc2ccccc2n1CC(=O)OC(C)(C)C)C1CCCNC1. The molecule has 2 aromatic rings. The molecule has 0 aliphatic carbocycles. The van der Waals surface area contributed by atoms with Gasteiger partial charge in [0.15, 0.2) is 5.16 Å². The van der Waals surface area contributed by atoms with Gasteiger partial charge in [0.25, 0.3) is 0 Å². The third-order valence-corrected chi connectivity index (χ3v) is 6.56. The number of benzene rings is 1. The Balaban J connectivity index is 1.92. The molecule has 1 aromatic carbocycles. The van der Waals surface area contributed by atoms with E-state index in [-0.39, 0.29) is 29.5 Å². The van der Waals surface area contributed by atoms with Gasteiger partial charge >= 0.3 is 5.97 Å². The molecule has 30 heavy (non-hydrogen) atoms. The number of thioether (sulfide) groups is 1. The number of para-hydroxylation sites is 2. The average Bonchev–Trinajstić information content (AvgIpc) is 3.02. The highest BCUT2D eigenvalue weighted by Gasteiger charge is 2.32. The van der Waals surface area contributed by atoms with Crippen molar-refractivity contribution in [2.24, 2.45) is 5.92 Å². The van der Waals surface area contributed by atoms with Crippen molar-refractivity contribution >= 4 is 34.5 Å². The number of fused-ring (bicyclic) bond motifs is 1. The molecule has 1 fully saturated rings. The number of nitrogens with zero attached hydrogens (tertiary/aromatic N) is 2. The van der Waals surface area contributed by atoms with Crippen molar-refractivity contribution in [3.8, 4) is 0 Å². The van der Waals surface area contributed by atoms with Crippen LogP contribution in [0.15, 0.2) is 29.4 Å². The van der Waals surface area contributed by atoms with Crippen molar-refractivity contribution in [2.45, 2.75) is 75.9 Å². The molecule has 7 heteroatoms. The number of carbonyl (C=O) groups excluding carboxylic acids is 2. The lowest BCUT2D eigenvalue weighted by molar-refractivity contribution is -0.155. The molecule has 164 valence electrons. The van der Waals surface area contributed by atoms with E-state index in [9.17, 15) is 9.59 Å². The van der Waals surface area contributed by atoms with E-state index < -0.39 is 5.60 Å². The zero-order valence-corrected chi connectivity index (χ0v) is 19.3. The van der Waals surface area contributed by atoms with Crippen LogP contribution in [0.5, 0.6) is 0 Å². The molecule has 1 aliphatic rings. The second-order valence-electron chi connectivity index (χ2n) is 8.92. The molecule has 0 radical (unpaired) electrons. The number of ether oxygens (including phenoxy) is 1. The largest absolute Gasteiger partial charge is 0.459 e. The van der Waals surface area contributed by atoms with Gasteiger partial charge in [-0.1, -0.05) is 30.8 Å². The normalized spacial score (nSPS) is 18.3. The molecular formula is C23H33N3O3S. The minimum atomic E-state index is -0.547. The van der Waals surface area contributed by atoms with E-state index in [2.05, 4.69) is 5.32 Å². The maximum absolute atomic E-state index is 13.0. The maximum Gasteiger partial charge on any atom is 0.326 e. The number of Topliss-reactive ketones (excluding diaryl/α,β-unsaturated/α-hetero) is 1. The van der Waals surface area contributed by atoms with E-state index in [4.69, 9.17) is 9.72 Å². The summed E-state index contributed by atoms with van der Waals surface area (Å²) in [4.78, 5) is 30.4. The fourth-order valence-corrected chi connectivity index (χ4v) is 5.21. The van der Waals surface area contributed by atoms with Crippen LogP contribution in [0.3, 0.4) is 0 Å². The fourth-order valence-electron chi connectivity index (χ4n) is 3.86. The molecule has 0 amide bonds. The van der Waals surface area contributed by atoms with E-state index in [0.29, 0.717) is 11.6 Å². The smallest absolute Gasteiger partial charge is 0.326 e. The first kappa shape index (κ1) is 22.8. The topological polar surface area (TPSA) is 73.2 Å². The summed E-state index contributed by atoms with van der Waals surface area (Å²) in [5, 5.41) is 3.98. The maximum atomic E-state index is 13.0. The Morgan fingerprint density at radius 3 is 2.77 bits per heavy atom. The van der Waals surface area contributed by atoms with Crippen molar-refractivity contribution in [1.29, 1.82) is 0 Å². The predicted octanol–water partition coefficient (Wildman–Crippen LogP) is 4.21. The molecule has 1 aliphatic heterocycles. The highest BCUT2D eigenvalue weighted by Crippen LogP contribution is 2.34. The second-order valence-corrected chi connectivity index (χ2v) is 10.0. The average molecular weight is 432 g/mol. The molecule has 6 nitrogen and oxygen atoms in total. The van der Waals surface area contributed by atoms with Crippen LogP contribution in [0.1, 0.15) is 53.4 Å². The Kier molecular flexibility index (Phi) is 7.58. The van der Waals surface area contributed by atoms with Gasteiger partial charge < -0.3 is 14.6 Å². The summed E-state index contributed by atoms with van der Waals surface area (Å²) < 4.78 is 7.45. The van der Waals surface area contributed by atoms with Gasteiger partial charge in [-0.15, -0.1) is 0 Å². The van der Waals surface area contributed by atoms with E-state index >= 15 is 0 Å². The van der Waals surface area contributed by atoms with Gasteiger partial charge in [0.2, 0.25) is 0 Å². The van der Waals surface area contributed by atoms with Crippen molar-refractivity contribution < 1.29 is 14.3 Å². The Morgan fingerprint density at radius 1 is 1.33 bits per heavy atom. The van der Waals surface area contributed by atoms with Crippen LogP contribution in [-0.2, 0) is 20.9 Å². The molecule has 2 unspecified atom stereocenters. The first-order valence-corrected chi connectivity index (χ1v) is 11.7. The number of esters is 1. The van der Waals surface area contributed by atoms with Crippen LogP contribution in [-0.4, -0.2) is 45.2 Å². The van der Waals surface area contributed by atoms with Gasteiger partial charge in [0, 0.05) is 6.42 Å². The van der Waals surface area contributed by atoms with Crippen LogP contribution in [0.4, 0.5) is 0 Å². The van der Waals surface area contributed by atoms with E-state index in [0.717, 1.165) is 43.4 Å². The molecule has 3 rings (SSSR count). The van der Waals surface area contributed by atoms with Gasteiger partial charge in [-0.25, -0.2) is 4.98 Å². The van der Waals surface area contributed by atoms with E-state index in [1.165, 1.54) is 11.8 Å². The van der Waals surface area contributed by atoms with Gasteiger partial charge in [-0.3, -0.25) is 9.59 Å². The molecule has 0 spiro atoms. The van der Waals surface area contributed by atoms with Crippen LogP contribution in [0, 0.1) is 5.92 Å². The third kappa shape index (κ3) is 5.85. The lowest BCUT2D eigenvalue weighted by Crippen LogP contribution is -2.39. The van der Waals surface area contributed by atoms with Crippen molar-refractivity contribution in [3.63, 3.8) is 0 Å². The Labute approximate surface area is 183 Å². The second kappa shape index (κ2) is 9.96. The standard InChI is InChI=1S/C23H33N3O3S/c1-5-9-19(27)21(16-10-8-13-24-14-16)30-22-25-17-11-6-7-12-18(17)26(22)15-20(28)29-23(2,3)4/h6-7,11-12,16,21,24H,5,8-10,13-15H2,1-4H3. The summed E-state index contributed by atoms with van der Waals surface area (Å²) >= 11 is 1.51. The molecule has 1 aromatic heterocycles. The molecule has 1 N–H and O–H groups in total. The van der Waals surface area contributed by atoms with Crippen LogP contribution < -0.4 is 5.32 Å². The van der Waals surface area contributed by atoms with E-state index in [1.807, 2.05) is 56.5 Å². The van der Waals surface area contributed by atoms with E-state index in [1.54, 1.807) is 0 Å². The third-order valence-electron chi connectivity index (χ3n) is 5.14. The molecular weight excluding hydrogens is 398 g/mol. The van der Waals surface area contributed by atoms with Crippen LogP contribution in [0.2, 0.25) is 0 Å². The van der Waals surface area contributed by atoms with Crippen molar-refractivity contribution in [2.75, 3.05) is 13.1 Å². The molecule has 0 saturated carbocycles. The number of carbonyl (C=O) groups is 2. The first-order chi connectivity index (χ1) is 14.3. The molecule has 1 saturated heterocycles. The number of ketones is 1. The lowest BCUT2D eigenvalue weighted by atomic mass is 9.92. The number of hydrogen-bond acceptors (Lipinski definition) is 6.